The summed E-state index contributed by atoms with van der Waals surface area (Å²) in [6.45, 7) is 1.07. The van der Waals surface area contributed by atoms with E-state index >= 15 is 0 Å². The Morgan fingerprint density at radius 3 is 2.69 bits per heavy atom. The van der Waals surface area contributed by atoms with Crippen LogP contribution in [0.1, 0.15) is 62.0 Å². The van der Waals surface area contributed by atoms with Gasteiger partial charge in [0, 0.05) is 30.6 Å². The van der Waals surface area contributed by atoms with E-state index in [0.29, 0.717) is 23.7 Å². The molecule has 190 valence electrons. The minimum absolute atomic E-state index is 0.0792. The van der Waals surface area contributed by atoms with Gasteiger partial charge in [-0.05, 0) is 74.3 Å². The highest BCUT2D eigenvalue weighted by molar-refractivity contribution is 7.89. The zero-order valence-electron chi connectivity index (χ0n) is 20.8. The maximum atomic E-state index is 14.1. The number of methoxy groups -OCH3 is 1. The van der Waals surface area contributed by atoms with Gasteiger partial charge in [0.1, 0.15) is 4.90 Å². The molecule has 6 nitrogen and oxygen atoms in total. The maximum absolute atomic E-state index is 14.1. The number of ether oxygens (including phenoxy) is 2. The van der Waals surface area contributed by atoms with E-state index in [9.17, 15) is 8.42 Å². The maximum Gasteiger partial charge on any atom is 0.266 e. The molecule has 4 aliphatic rings. The summed E-state index contributed by atoms with van der Waals surface area (Å²) in [7, 11) is -2.05. The third-order valence-electron chi connectivity index (χ3n) is 8.12. The molecule has 6 rings (SSSR count). The quantitative estimate of drug-likeness (QED) is 0.526. The van der Waals surface area contributed by atoms with E-state index < -0.39 is 10.0 Å². The van der Waals surface area contributed by atoms with Crippen molar-refractivity contribution in [3.8, 4) is 11.5 Å². The number of fused-ring (bicyclic) bond motifs is 2. The molecule has 2 atom stereocenters. The van der Waals surface area contributed by atoms with E-state index in [2.05, 4.69) is 23.5 Å². The van der Waals surface area contributed by atoms with Crippen molar-refractivity contribution < 1.29 is 17.9 Å². The van der Waals surface area contributed by atoms with E-state index in [-0.39, 0.29) is 17.9 Å². The van der Waals surface area contributed by atoms with Gasteiger partial charge in [0.2, 0.25) is 0 Å². The van der Waals surface area contributed by atoms with Gasteiger partial charge in [-0.25, -0.2) is 8.42 Å². The molecule has 1 saturated carbocycles. The molecule has 2 aromatic carbocycles. The van der Waals surface area contributed by atoms with Crippen molar-refractivity contribution in [2.75, 3.05) is 25.5 Å². The second-order valence-electron chi connectivity index (χ2n) is 10.2. The normalized spacial score (nSPS) is 23.6. The average Bonchev–Trinajstić information content (AvgIpc) is 3.56. The van der Waals surface area contributed by atoms with Crippen LogP contribution in [0.4, 0.5) is 5.69 Å². The average molecular weight is 507 g/mol. The van der Waals surface area contributed by atoms with Crippen LogP contribution in [-0.4, -0.2) is 39.0 Å². The number of nitrogens with one attached hydrogen (secondary N) is 1. The van der Waals surface area contributed by atoms with Crippen LogP contribution in [0.2, 0.25) is 0 Å². The van der Waals surface area contributed by atoms with Crippen molar-refractivity contribution in [3.63, 3.8) is 0 Å². The topological polar surface area (TPSA) is 67.9 Å². The summed E-state index contributed by atoms with van der Waals surface area (Å²) in [6, 6.07) is 11.7. The first-order chi connectivity index (χ1) is 17.6. The third-order valence-corrected chi connectivity index (χ3v) is 9.96. The van der Waals surface area contributed by atoms with Gasteiger partial charge in [-0.15, -0.1) is 0 Å². The van der Waals surface area contributed by atoms with E-state index in [4.69, 9.17) is 9.47 Å². The molecule has 1 saturated heterocycles. The second-order valence-corrected chi connectivity index (χ2v) is 12.1. The fourth-order valence-electron chi connectivity index (χ4n) is 6.33. The molecule has 0 amide bonds. The Hall–Kier alpha value is -2.93. The molecule has 2 aliphatic heterocycles. The molecule has 0 bridgehead atoms. The Balaban J connectivity index is 1.36. The second kappa shape index (κ2) is 9.51. The number of hydrogen-bond donors (Lipinski definition) is 1. The van der Waals surface area contributed by atoms with Crippen LogP contribution >= 0.6 is 0 Å². The van der Waals surface area contributed by atoms with Crippen LogP contribution in [-0.2, 0) is 10.0 Å². The van der Waals surface area contributed by atoms with E-state index in [0.717, 1.165) is 60.4 Å². The number of nitrogens with zero attached hydrogens (tertiary/aromatic N) is 1. The number of anilines is 1. The Labute approximate surface area is 214 Å². The number of para-hydroxylation sites is 1. The van der Waals surface area contributed by atoms with Gasteiger partial charge < -0.3 is 14.8 Å². The predicted molar refractivity (Wildman–Crippen MR) is 142 cm³/mol. The predicted octanol–water partition coefficient (Wildman–Crippen LogP) is 5.93. The summed E-state index contributed by atoms with van der Waals surface area (Å²) < 4.78 is 41.9. The summed E-state index contributed by atoms with van der Waals surface area (Å²) in [5.41, 5.74) is 3.68. The van der Waals surface area contributed by atoms with Gasteiger partial charge >= 0.3 is 0 Å². The molecule has 0 radical (unpaired) electrons. The molecule has 2 aliphatic carbocycles. The molecule has 2 aromatic rings. The van der Waals surface area contributed by atoms with Crippen LogP contribution < -0.4 is 14.8 Å². The standard InChI is InChI=1S/C29H34N2O4S/c1-34-26-16-15-21(18-27(26)35-22-10-2-3-11-22)24-19-31(25-13-5-4-12-23(24)25)36(32,33)28-14-6-8-20-9-7-17-30-29(20)28/h6-9,13-16,18,22-24,30H,2-5,10-12,17,19H2,1H3. The molecule has 2 fully saturated rings. The first kappa shape index (κ1) is 23.5. The summed E-state index contributed by atoms with van der Waals surface area (Å²) in [5, 5.41) is 3.29. The monoisotopic (exact) mass is 506 g/mol. The molecule has 0 spiro atoms. The lowest BCUT2D eigenvalue weighted by atomic mass is 9.81. The summed E-state index contributed by atoms with van der Waals surface area (Å²) in [6.07, 6.45) is 13.9. The zero-order valence-corrected chi connectivity index (χ0v) is 21.6. The largest absolute Gasteiger partial charge is 0.493 e. The van der Waals surface area contributed by atoms with Gasteiger partial charge in [-0.1, -0.05) is 36.4 Å². The number of sulfonamides is 1. The summed E-state index contributed by atoms with van der Waals surface area (Å²) in [5.74, 6) is 1.77. The lowest BCUT2D eigenvalue weighted by molar-refractivity contribution is 0.200. The first-order valence-electron chi connectivity index (χ1n) is 13.2. The summed E-state index contributed by atoms with van der Waals surface area (Å²) in [4.78, 5) is 0.357. The van der Waals surface area contributed by atoms with Crippen molar-refractivity contribution >= 4 is 21.8 Å². The number of allylic oxidation sites excluding steroid dienone is 2. The SMILES string of the molecule is COc1ccc(C2CN(S(=O)(=O)c3cccc4c3NCC=C4)C3=CCCCC32)cc1OC1CCCC1. The van der Waals surface area contributed by atoms with E-state index in [1.807, 2.05) is 30.4 Å². The Morgan fingerprint density at radius 2 is 1.86 bits per heavy atom. The highest BCUT2D eigenvalue weighted by Crippen LogP contribution is 2.49. The van der Waals surface area contributed by atoms with Crippen molar-refractivity contribution in [2.45, 2.75) is 61.9 Å². The lowest BCUT2D eigenvalue weighted by Crippen LogP contribution is -2.29. The Kier molecular flexibility index (Phi) is 6.20. The molecule has 1 N–H and O–H groups in total. The molecule has 36 heavy (non-hydrogen) atoms. The van der Waals surface area contributed by atoms with Crippen LogP contribution in [0.25, 0.3) is 6.08 Å². The highest BCUT2D eigenvalue weighted by atomic mass is 32.2. The van der Waals surface area contributed by atoms with Crippen LogP contribution in [0.5, 0.6) is 11.5 Å². The molecular formula is C29H34N2O4S. The molecule has 0 aromatic heterocycles. The summed E-state index contributed by atoms with van der Waals surface area (Å²) >= 11 is 0. The molecular weight excluding hydrogens is 472 g/mol. The molecule has 2 unspecified atom stereocenters. The Morgan fingerprint density at radius 1 is 1.00 bits per heavy atom. The van der Waals surface area contributed by atoms with Gasteiger partial charge in [-0.3, -0.25) is 4.31 Å². The third kappa shape index (κ3) is 4.07. The van der Waals surface area contributed by atoms with Crippen LogP contribution in [0.3, 0.4) is 0 Å². The number of benzene rings is 2. The minimum Gasteiger partial charge on any atom is -0.493 e. The lowest BCUT2D eigenvalue weighted by Gasteiger charge is -2.27. The fraction of sp³-hybridized carbons (Fsp3) is 0.448. The minimum atomic E-state index is -3.72. The van der Waals surface area contributed by atoms with Gasteiger partial charge in [0.15, 0.2) is 11.5 Å². The van der Waals surface area contributed by atoms with Gasteiger partial charge in [0.05, 0.1) is 18.9 Å². The van der Waals surface area contributed by atoms with Crippen molar-refractivity contribution in [1.82, 2.24) is 4.31 Å². The van der Waals surface area contributed by atoms with Gasteiger partial charge in [-0.2, -0.15) is 0 Å². The first-order valence-corrected chi connectivity index (χ1v) is 14.6. The Bertz CT molecular complexity index is 1310. The van der Waals surface area contributed by atoms with Crippen LogP contribution in [0, 0.1) is 5.92 Å². The van der Waals surface area contributed by atoms with Crippen molar-refractivity contribution in [1.29, 1.82) is 0 Å². The molecule has 2 heterocycles. The van der Waals surface area contributed by atoms with E-state index in [1.54, 1.807) is 17.5 Å². The van der Waals surface area contributed by atoms with Gasteiger partial charge in [0.25, 0.3) is 10.0 Å². The van der Waals surface area contributed by atoms with Crippen LogP contribution in [0.15, 0.2) is 59.1 Å². The smallest absolute Gasteiger partial charge is 0.266 e. The van der Waals surface area contributed by atoms with Crippen molar-refractivity contribution in [2.24, 2.45) is 5.92 Å². The van der Waals surface area contributed by atoms with E-state index in [1.165, 1.54) is 12.8 Å². The number of rotatable bonds is 6. The molecule has 7 heteroatoms. The highest BCUT2D eigenvalue weighted by Gasteiger charge is 2.45. The zero-order chi connectivity index (χ0) is 24.7. The number of hydrogen-bond acceptors (Lipinski definition) is 5. The fourth-order valence-corrected chi connectivity index (χ4v) is 8.11. The van der Waals surface area contributed by atoms with Crippen molar-refractivity contribution in [3.05, 3.63) is 65.4 Å².